The van der Waals surface area contributed by atoms with E-state index in [0.717, 1.165) is 25.8 Å². The van der Waals surface area contributed by atoms with Crippen LogP contribution in [0.5, 0.6) is 0 Å². The molecule has 106 valence electrons. The quantitative estimate of drug-likeness (QED) is 0.907. The van der Waals surface area contributed by atoms with Crippen molar-refractivity contribution in [2.75, 3.05) is 6.54 Å². The lowest BCUT2D eigenvalue weighted by molar-refractivity contribution is 0.207. The highest BCUT2D eigenvalue weighted by Crippen LogP contribution is 2.30. The van der Waals surface area contributed by atoms with Crippen LogP contribution in [-0.4, -0.2) is 16.7 Å². The van der Waals surface area contributed by atoms with Crippen molar-refractivity contribution < 1.29 is 8.91 Å². The fourth-order valence-electron chi connectivity index (χ4n) is 2.49. The molecule has 20 heavy (non-hydrogen) atoms. The summed E-state index contributed by atoms with van der Waals surface area (Å²) in [5.41, 5.74) is 0.319. The summed E-state index contributed by atoms with van der Waals surface area (Å²) in [6.45, 7) is 3.00. The van der Waals surface area contributed by atoms with E-state index in [1.807, 2.05) is 0 Å². The maximum atomic E-state index is 13.4. The van der Waals surface area contributed by atoms with Gasteiger partial charge in [0.05, 0.1) is 5.54 Å². The second-order valence-electron chi connectivity index (χ2n) is 5.30. The van der Waals surface area contributed by atoms with Gasteiger partial charge in [0.2, 0.25) is 11.7 Å². The molecule has 3 rings (SSSR count). The monoisotopic (exact) mass is 339 g/mol. The second-order valence-corrected chi connectivity index (χ2v) is 6.21. The molecule has 0 spiro atoms. The lowest BCUT2D eigenvalue weighted by Crippen LogP contribution is -2.43. The molecule has 1 N–H and O–H groups in total. The molecule has 2 aromatic rings. The van der Waals surface area contributed by atoms with Gasteiger partial charge < -0.3 is 9.84 Å². The van der Waals surface area contributed by atoms with Crippen LogP contribution in [0.2, 0.25) is 0 Å². The van der Waals surface area contributed by atoms with Gasteiger partial charge in [0, 0.05) is 10.0 Å². The van der Waals surface area contributed by atoms with Crippen LogP contribution in [0, 0.1) is 5.82 Å². The van der Waals surface area contributed by atoms with Gasteiger partial charge >= 0.3 is 0 Å². The van der Waals surface area contributed by atoms with E-state index in [2.05, 4.69) is 38.3 Å². The Morgan fingerprint density at radius 3 is 2.90 bits per heavy atom. The van der Waals surface area contributed by atoms with Gasteiger partial charge in [0.1, 0.15) is 5.82 Å². The minimum absolute atomic E-state index is 0.284. The van der Waals surface area contributed by atoms with Crippen LogP contribution < -0.4 is 5.32 Å². The maximum Gasteiger partial charge on any atom is 0.246 e. The Labute approximate surface area is 124 Å². The van der Waals surface area contributed by atoms with Gasteiger partial charge in [-0.1, -0.05) is 21.1 Å². The van der Waals surface area contributed by atoms with Crippen molar-refractivity contribution in [1.29, 1.82) is 0 Å². The summed E-state index contributed by atoms with van der Waals surface area (Å²) in [5.74, 6) is 0.643. The molecule has 6 heteroatoms. The predicted octanol–water partition coefficient (Wildman–Crippen LogP) is 3.63. The fraction of sp³-hybridized carbons (Fsp3) is 0.429. The SMILES string of the molecule is CC1(c2nc(-c3cc(F)cc(Br)c3)no2)CCCCN1. The van der Waals surface area contributed by atoms with Crippen molar-refractivity contribution in [1.82, 2.24) is 15.5 Å². The Morgan fingerprint density at radius 2 is 2.20 bits per heavy atom. The first-order valence-corrected chi connectivity index (χ1v) is 7.42. The topological polar surface area (TPSA) is 51.0 Å². The van der Waals surface area contributed by atoms with Crippen LogP contribution in [0.15, 0.2) is 27.2 Å². The van der Waals surface area contributed by atoms with E-state index in [1.165, 1.54) is 12.1 Å². The van der Waals surface area contributed by atoms with E-state index in [1.54, 1.807) is 6.07 Å². The third-order valence-electron chi connectivity index (χ3n) is 3.64. The average molecular weight is 340 g/mol. The van der Waals surface area contributed by atoms with Gasteiger partial charge in [-0.05, 0) is 50.9 Å². The van der Waals surface area contributed by atoms with Crippen molar-refractivity contribution in [2.24, 2.45) is 0 Å². The lowest BCUT2D eigenvalue weighted by Gasteiger charge is -2.31. The number of rotatable bonds is 2. The molecule has 0 amide bonds. The van der Waals surface area contributed by atoms with Crippen molar-refractivity contribution in [3.05, 3.63) is 34.4 Å². The van der Waals surface area contributed by atoms with Crippen LogP contribution in [0.4, 0.5) is 4.39 Å². The Hall–Kier alpha value is -1.27. The van der Waals surface area contributed by atoms with Crippen LogP contribution in [0.1, 0.15) is 32.1 Å². The summed E-state index contributed by atoms with van der Waals surface area (Å²) < 4.78 is 19.5. The molecule has 1 aromatic heterocycles. The summed E-state index contributed by atoms with van der Waals surface area (Å²) in [5, 5.41) is 7.40. The second kappa shape index (κ2) is 5.26. The summed E-state index contributed by atoms with van der Waals surface area (Å²) in [7, 11) is 0. The molecular formula is C14H15BrFN3O. The first-order chi connectivity index (χ1) is 9.57. The number of nitrogens with one attached hydrogen (secondary N) is 1. The summed E-state index contributed by atoms with van der Waals surface area (Å²) in [6.07, 6.45) is 3.25. The first-order valence-electron chi connectivity index (χ1n) is 6.62. The van der Waals surface area contributed by atoms with Crippen LogP contribution >= 0.6 is 15.9 Å². The number of benzene rings is 1. The number of hydrogen-bond acceptors (Lipinski definition) is 4. The Balaban J connectivity index is 1.93. The van der Waals surface area contributed by atoms with Gasteiger partial charge in [-0.2, -0.15) is 4.98 Å². The Morgan fingerprint density at radius 1 is 1.35 bits per heavy atom. The third-order valence-corrected chi connectivity index (χ3v) is 4.10. The zero-order valence-corrected chi connectivity index (χ0v) is 12.7. The molecule has 1 fully saturated rings. The van der Waals surface area contributed by atoms with Crippen molar-refractivity contribution in [2.45, 2.75) is 31.7 Å². The predicted molar refractivity (Wildman–Crippen MR) is 76.6 cm³/mol. The van der Waals surface area contributed by atoms with Gasteiger partial charge in [0.25, 0.3) is 0 Å². The Bertz CT molecular complexity index is 602. The highest BCUT2D eigenvalue weighted by atomic mass is 79.9. The molecule has 1 unspecified atom stereocenters. The highest BCUT2D eigenvalue weighted by molar-refractivity contribution is 9.10. The van der Waals surface area contributed by atoms with Crippen LogP contribution in [0.3, 0.4) is 0 Å². The molecule has 1 aliphatic heterocycles. The largest absolute Gasteiger partial charge is 0.337 e. The van der Waals surface area contributed by atoms with Gasteiger partial charge in [0.15, 0.2) is 0 Å². The molecule has 0 bridgehead atoms. The number of halogens is 2. The van der Waals surface area contributed by atoms with E-state index < -0.39 is 0 Å². The molecule has 2 heterocycles. The molecule has 0 radical (unpaired) electrons. The van der Waals surface area contributed by atoms with Gasteiger partial charge in [-0.15, -0.1) is 0 Å². The van der Waals surface area contributed by atoms with E-state index >= 15 is 0 Å². The molecule has 0 aliphatic carbocycles. The van der Waals surface area contributed by atoms with Crippen LogP contribution in [-0.2, 0) is 5.54 Å². The van der Waals surface area contributed by atoms with Crippen molar-refractivity contribution in [3.63, 3.8) is 0 Å². The zero-order chi connectivity index (χ0) is 14.2. The molecule has 1 atom stereocenters. The van der Waals surface area contributed by atoms with Gasteiger partial charge in [-0.3, -0.25) is 0 Å². The van der Waals surface area contributed by atoms with E-state index in [4.69, 9.17) is 4.52 Å². The number of nitrogens with zero attached hydrogens (tertiary/aromatic N) is 2. The maximum absolute atomic E-state index is 13.4. The first kappa shape index (κ1) is 13.7. The summed E-state index contributed by atoms with van der Waals surface area (Å²) in [6, 6.07) is 4.57. The summed E-state index contributed by atoms with van der Waals surface area (Å²) in [4.78, 5) is 4.43. The average Bonchev–Trinajstić information content (AvgIpc) is 2.89. The smallest absolute Gasteiger partial charge is 0.246 e. The molecule has 1 saturated heterocycles. The number of hydrogen-bond donors (Lipinski definition) is 1. The molecular weight excluding hydrogens is 325 g/mol. The van der Waals surface area contributed by atoms with Crippen molar-refractivity contribution in [3.8, 4) is 11.4 Å². The number of piperidine rings is 1. The number of aromatic nitrogens is 2. The lowest BCUT2D eigenvalue weighted by atomic mass is 9.91. The van der Waals surface area contributed by atoms with Gasteiger partial charge in [-0.25, -0.2) is 4.39 Å². The van der Waals surface area contributed by atoms with E-state index in [-0.39, 0.29) is 11.4 Å². The molecule has 1 aliphatic rings. The fourth-order valence-corrected chi connectivity index (χ4v) is 2.95. The summed E-state index contributed by atoms with van der Waals surface area (Å²) >= 11 is 3.27. The van der Waals surface area contributed by atoms with E-state index in [9.17, 15) is 4.39 Å². The minimum Gasteiger partial charge on any atom is -0.337 e. The molecule has 1 aromatic carbocycles. The van der Waals surface area contributed by atoms with Crippen LogP contribution in [0.25, 0.3) is 11.4 Å². The zero-order valence-electron chi connectivity index (χ0n) is 11.1. The molecule has 4 nitrogen and oxygen atoms in total. The van der Waals surface area contributed by atoms with E-state index in [0.29, 0.717) is 21.8 Å². The molecule has 0 saturated carbocycles. The minimum atomic E-state index is -0.331. The normalized spacial score (nSPS) is 22.9. The third kappa shape index (κ3) is 2.62. The Kier molecular flexibility index (Phi) is 3.60. The standard InChI is InChI=1S/C14H15BrFN3O/c1-14(4-2-3-5-17-14)13-18-12(19-20-13)9-6-10(15)8-11(16)7-9/h6-8,17H,2-5H2,1H3. The highest BCUT2D eigenvalue weighted by Gasteiger charge is 2.34. The van der Waals surface area contributed by atoms with Crippen molar-refractivity contribution >= 4 is 15.9 Å².